The molecule has 0 spiro atoms. The maximum atomic E-state index is 5.51. The van der Waals surface area contributed by atoms with E-state index >= 15 is 0 Å². The first-order chi connectivity index (χ1) is 10.2. The highest BCUT2D eigenvalue weighted by molar-refractivity contribution is 5.22. The predicted molar refractivity (Wildman–Crippen MR) is 81.0 cm³/mol. The van der Waals surface area contributed by atoms with E-state index in [1.54, 1.807) is 7.11 Å². The Balaban J connectivity index is 2.14. The Hall–Kier alpha value is -1.72. The smallest absolute Gasteiger partial charge is 0.228 e. The average Bonchev–Trinajstić information content (AvgIpc) is 2.95. The SMILES string of the molecule is CNC(Cc1nc(C(OC)c2ccccc2)no1)C(C)C. The molecule has 1 aromatic carbocycles. The number of aromatic nitrogens is 2. The molecule has 0 bridgehead atoms. The number of methoxy groups -OCH3 is 1. The van der Waals surface area contributed by atoms with Crippen molar-refractivity contribution in [3.8, 4) is 0 Å². The average molecular weight is 289 g/mol. The summed E-state index contributed by atoms with van der Waals surface area (Å²) in [5.41, 5.74) is 1.02. The Morgan fingerprint density at radius 3 is 2.52 bits per heavy atom. The van der Waals surface area contributed by atoms with Gasteiger partial charge in [0.15, 0.2) is 0 Å². The molecule has 0 amide bonds. The standard InChI is InChI=1S/C16H23N3O2/c1-11(2)13(17-3)10-14-18-16(19-21-14)15(20-4)12-8-6-5-7-9-12/h5-9,11,13,15,17H,10H2,1-4H3. The fourth-order valence-electron chi connectivity index (χ4n) is 2.34. The van der Waals surface area contributed by atoms with Crippen LogP contribution in [0.2, 0.25) is 0 Å². The molecule has 2 rings (SSSR count). The van der Waals surface area contributed by atoms with E-state index in [-0.39, 0.29) is 6.10 Å². The number of hydrogen-bond acceptors (Lipinski definition) is 5. The Morgan fingerprint density at radius 1 is 1.24 bits per heavy atom. The van der Waals surface area contributed by atoms with Gasteiger partial charge in [-0.25, -0.2) is 0 Å². The van der Waals surface area contributed by atoms with Gasteiger partial charge >= 0.3 is 0 Å². The zero-order valence-electron chi connectivity index (χ0n) is 13.0. The summed E-state index contributed by atoms with van der Waals surface area (Å²) in [6.07, 6.45) is 0.419. The summed E-state index contributed by atoms with van der Waals surface area (Å²) in [4.78, 5) is 4.49. The summed E-state index contributed by atoms with van der Waals surface area (Å²) in [6, 6.07) is 10.2. The van der Waals surface area contributed by atoms with Crippen LogP contribution in [0.3, 0.4) is 0 Å². The molecular formula is C16H23N3O2. The van der Waals surface area contributed by atoms with Crippen LogP contribution in [0, 0.1) is 5.92 Å². The molecule has 114 valence electrons. The van der Waals surface area contributed by atoms with Crippen molar-refractivity contribution >= 4 is 0 Å². The Kier molecular flexibility index (Phi) is 5.47. The van der Waals surface area contributed by atoms with Crippen molar-refractivity contribution in [1.82, 2.24) is 15.5 Å². The molecule has 0 fully saturated rings. The summed E-state index contributed by atoms with van der Waals surface area (Å²) in [6.45, 7) is 4.33. The number of likely N-dealkylation sites (N-methyl/N-ethyl adjacent to an activating group) is 1. The second kappa shape index (κ2) is 7.33. The van der Waals surface area contributed by atoms with Crippen LogP contribution in [0.5, 0.6) is 0 Å². The zero-order chi connectivity index (χ0) is 15.2. The first-order valence-electron chi connectivity index (χ1n) is 7.23. The third-order valence-electron chi connectivity index (χ3n) is 3.63. The van der Waals surface area contributed by atoms with Gasteiger partial charge in [-0.05, 0) is 18.5 Å². The van der Waals surface area contributed by atoms with Crippen molar-refractivity contribution in [3.05, 3.63) is 47.6 Å². The normalized spacial score (nSPS) is 14.3. The van der Waals surface area contributed by atoms with Gasteiger partial charge in [-0.1, -0.05) is 49.3 Å². The van der Waals surface area contributed by atoms with E-state index in [0.29, 0.717) is 30.1 Å². The summed E-state index contributed by atoms with van der Waals surface area (Å²) in [5, 5.41) is 7.35. The summed E-state index contributed by atoms with van der Waals surface area (Å²) >= 11 is 0. The second-order valence-corrected chi connectivity index (χ2v) is 5.42. The van der Waals surface area contributed by atoms with Crippen molar-refractivity contribution in [1.29, 1.82) is 0 Å². The van der Waals surface area contributed by atoms with Crippen molar-refractivity contribution in [3.63, 3.8) is 0 Å². The van der Waals surface area contributed by atoms with E-state index in [1.807, 2.05) is 37.4 Å². The number of hydrogen-bond donors (Lipinski definition) is 1. The summed E-state index contributed by atoms with van der Waals surface area (Å²) in [7, 11) is 3.60. The minimum Gasteiger partial charge on any atom is -0.369 e. The number of nitrogens with zero attached hydrogens (tertiary/aromatic N) is 2. The van der Waals surface area contributed by atoms with Gasteiger partial charge in [0.25, 0.3) is 0 Å². The number of rotatable bonds is 7. The molecule has 5 nitrogen and oxygen atoms in total. The first kappa shape index (κ1) is 15.7. The van der Waals surface area contributed by atoms with Crippen molar-refractivity contribution < 1.29 is 9.26 Å². The molecule has 0 aliphatic carbocycles. The summed E-state index contributed by atoms with van der Waals surface area (Å²) < 4.78 is 10.9. The number of nitrogens with one attached hydrogen (secondary N) is 1. The molecule has 2 aromatic rings. The van der Waals surface area contributed by atoms with Gasteiger partial charge < -0.3 is 14.6 Å². The van der Waals surface area contributed by atoms with Crippen molar-refractivity contribution in [2.45, 2.75) is 32.4 Å². The van der Waals surface area contributed by atoms with E-state index in [0.717, 1.165) is 5.56 Å². The van der Waals surface area contributed by atoms with E-state index in [4.69, 9.17) is 9.26 Å². The van der Waals surface area contributed by atoms with Gasteiger partial charge in [0.05, 0.1) is 0 Å². The third-order valence-corrected chi connectivity index (χ3v) is 3.63. The quantitative estimate of drug-likeness (QED) is 0.849. The number of benzene rings is 1. The Morgan fingerprint density at radius 2 is 1.95 bits per heavy atom. The molecule has 0 saturated carbocycles. The number of ether oxygens (including phenoxy) is 1. The molecule has 21 heavy (non-hydrogen) atoms. The fourth-order valence-corrected chi connectivity index (χ4v) is 2.34. The van der Waals surface area contributed by atoms with E-state index in [9.17, 15) is 0 Å². The lowest BCUT2D eigenvalue weighted by Crippen LogP contribution is -2.32. The molecule has 1 aromatic heterocycles. The van der Waals surface area contributed by atoms with Crippen LogP contribution in [0.4, 0.5) is 0 Å². The van der Waals surface area contributed by atoms with Crippen LogP contribution in [0.1, 0.15) is 37.2 Å². The lowest BCUT2D eigenvalue weighted by Gasteiger charge is -2.17. The highest BCUT2D eigenvalue weighted by atomic mass is 16.5. The topological polar surface area (TPSA) is 60.2 Å². The zero-order valence-corrected chi connectivity index (χ0v) is 13.0. The fraction of sp³-hybridized carbons (Fsp3) is 0.500. The van der Waals surface area contributed by atoms with Crippen LogP contribution < -0.4 is 5.32 Å². The van der Waals surface area contributed by atoms with Crippen LogP contribution in [-0.2, 0) is 11.2 Å². The highest BCUT2D eigenvalue weighted by Crippen LogP contribution is 2.23. The molecule has 0 radical (unpaired) electrons. The minimum atomic E-state index is -0.296. The van der Waals surface area contributed by atoms with Crippen LogP contribution in [0.25, 0.3) is 0 Å². The van der Waals surface area contributed by atoms with Gasteiger partial charge in [-0.2, -0.15) is 4.98 Å². The lowest BCUT2D eigenvalue weighted by molar-refractivity contribution is 0.126. The van der Waals surface area contributed by atoms with Gasteiger partial charge in [0.2, 0.25) is 11.7 Å². The van der Waals surface area contributed by atoms with Crippen LogP contribution in [0.15, 0.2) is 34.9 Å². The summed E-state index contributed by atoms with van der Waals surface area (Å²) in [5.74, 6) is 1.70. The molecule has 1 heterocycles. The molecule has 0 aliphatic rings. The molecule has 0 saturated heterocycles. The molecule has 5 heteroatoms. The van der Waals surface area contributed by atoms with Gasteiger partial charge in [0, 0.05) is 19.6 Å². The van der Waals surface area contributed by atoms with Gasteiger partial charge in [0.1, 0.15) is 6.10 Å². The second-order valence-electron chi connectivity index (χ2n) is 5.42. The van der Waals surface area contributed by atoms with Gasteiger partial charge in [-0.15, -0.1) is 0 Å². The molecule has 2 atom stereocenters. The Bertz CT molecular complexity index is 539. The predicted octanol–water partition coefficient (Wildman–Crippen LogP) is 2.59. The first-order valence-corrected chi connectivity index (χ1v) is 7.23. The van der Waals surface area contributed by atoms with Crippen molar-refractivity contribution in [2.75, 3.05) is 14.2 Å². The molecule has 1 N–H and O–H groups in total. The van der Waals surface area contributed by atoms with Crippen molar-refractivity contribution in [2.24, 2.45) is 5.92 Å². The maximum absolute atomic E-state index is 5.51. The molecule has 0 aliphatic heterocycles. The van der Waals surface area contributed by atoms with E-state index in [2.05, 4.69) is 29.3 Å². The molecular weight excluding hydrogens is 266 g/mol. The highest BCUT2D eigenvalue weighted by Gasteiger charge is 2.21. The van der Waals surface area contributed by atoms with E-state index in [1.165, 1.54) is 0 Å². The van der Waals surface area contributed by atoms with Gasteiger partial charge in [-0.3, -0.25) is 0 Å². The minimum absolute atomic E-state index is 0.296. The van der Waals surface area contributed by atoms with E-state index < -0.39 is 0 Å². The third kappa shape index (κ3) is 3.89. The lowest BCUT2D eigenvalue weighted by atomic mass is 10.0. The van der Waals surface area contributed by atoms with Crippen LogP contribution in [-0.4, -0.2) is 30.3 Å². The Labute approximate surface area is 125 Å². The largest absolute Gasteiger partial charge is 0.369 e. The molecule has 2 unspecified atom stereocenters. The van der Waals surface area contributed by atoms with Crippen LogP contribution >= 0.6 is 0 Å². The maximum Gasteiger partial charge on any atom is 0.228 e. The monoisotopic (exact) mass is 289 g/mol.